The van der Waals surface area contributed by atoms with E-state index in [2.05, 4.69) is 0 Å². The Morgan fingerprint density at radius 2 is 1.76 bits per heavy atom. The topological polar surface area (TPSA) is 76.0 Å². The van der Waals surface area contributed by atoms with Crippen molar-refractivity contribution >= 4 is 5.78 Å². The fraction of sp³-hybridized carbons (Fsp3) is 0.208. The zero-order valence-corrected chi connectivity index (χ0v) is 15.7. The molecule has 1 heterocycles. The number of carbonyl (C=O) groups is 1. The quantitative estimate of drug-likeness (QED) is 0.635. The van der Waals surface area contributed by atoms with Crippen molar-refractivity contribution in [1.82, 2.24) is 0 Å². The molecule has 0 saturated carbocycles. The predicted octanol–water partition coefficient (Wildman–Crippen LogP) is 4.67. The molecule has 144 valence electrons. The van der Waals surface area contributed by atoms with Gasteiger partial charge in [0.1, 0.15) is 29.1 Å². The van der Waals surface area contributed by atoms with Crippen molar-refractivity contribution in [1.29, 1.82) is 0 Å². The van der Waals surface area contributed by atoms with Crippen molar-refractivity contribution < 1.29 is 24.5 Å². The van der Waals surface area contributed by atoms with Crippen LogP contribution in [0.4, 0.5) is 0 Å². The molecule has 1 aliphatic heterocycles. The van der Waals surface area contributed by atoms with Gasteiger partial charge in [-0.2, -0.15) is 0 Å². The van der Waals surface area contributed by atoms with Gasteiger partial charge < -0.3 is 19.7 Å². The molecule has 0 amide bonds. The molecule has 0 radical (unpaired) electrons. The van der Waals surface area contributed by atoms with Crippen molar-refractivity contribution in [3.05, 3.63) is 70.8 Å². The summed E-state index contributed by atoms with van der Waals surface area (Å²) >= 11 is 0. The van der Waals surface area contributed by atoms with Crippen molar-refractivity contribution in [2.45, 2.75) is 24.4 Å². The number of carbonyl (C=O) groups excluding carboxylic acids is 1. The summed E-state index contributed by atoms with van der Waals surface area (Å²) < 4.78 is 12.0. The Kier molecular flexibility index (Phi) is 3.15. The summed E-state index contributed by atoms with van der Waals surface area (Å²) in [4.78, 5) is 13.1. The Hall–Kier alpha value is -3.47. The number of ether oxygens (including phenoxy) is 2. The molecular formula is C24H18O5. The van der Waals surface area contributed by atoms with Gasteiger partial charge in [-0.3, -0.25) is 4.79 Å². The smallest absolute Gasteiger partial charge is 0.167 e. The highest BCUT2D eigenvalue weighted by atomic mass is 16.5. The summed E-state index contributed by atoms with van der Waals surface area (Å²) in [5, 5.41) is 21.4. The molecule has 3 atom stereocenters. The van der Waals surface area contributed by atoms with Crippen LogP contribution in [0.25, 0.3) is 11.1 Å². The minimum Gasteiger partial charge on any atom is -0.507 e. The van der Waals surface area contributed by atoms with E-state index in [0.717, 1.165) is 22.4 Å². The third kappa shape index (κ3) is 1.97. The lowest BCUT2D eigenvalue weighted by Gasteiger charge is -2.47. The Balaban J connectivity index is 1.78. The summed E-state index contributed by atoms with van der Waals surface area (Å²) in [5.74, 6) is 0.907. The van der Waals surface area contributed by atoms with E-state index in [4.69, 9.17) is 9.47 Å². The molecule has 2 aliphatic carbocycles. The standard InChI is InChI=1S/C24H18O5/c1-28-18-10-16(27)21-15(26)9-13-11-5-2-3-8-17(11)29-24-12-6-4-7-14(25)19(12)22(18)23(21)20(13)24/h2-8,10,13,20,24-25,27H,9H2,1H3/t13-,20+,24+/m1/s1. The zero-order valence-electron chi connectivity index (χ0n) is 15.7. The summed E-state index contributed by atoms with van der Waals surface area (Å²) in [7, 11) is 1.53. The summed E-state index contributed by atoms with van der Waals surface area (Å²) in [6.45, 7) is 0. The first-order chi connectivity index (χ1) is 14.1. The minimum absolute atomic E-state index is 0.0642. The number of aromatic hydroxyl groups is 2. The summed E-state index contributed by atoms with van der Waals surface area (Å²) in [6.07, 6.45) is -0.0509. The molecule has 0 saturated heterocycles. The molecule has 6 rings (SSSR count). The van der Waals surface area contributed by atoms with E-state index < -0.39 is 0 Å². The SMILES string of the molecule is COc1cc(O)c2c3c1-c1c(O)cccc1[C@@H]1Oc4ccccc4[C@@H](CC2=O)[C@@H]31. The van der Waals surface area contributed by atoms with Crippen LogP contribution < -0.4 is 9.47 Å². The lowest BCUT2D eigenvalue weighted by Crippen LogP contribution is -2.36. The first kappa shape index (κ1) is 16.5. The number of hydrogen-bond acceptors (Lipinski definition) is 5. The number of phenolic OH excluding ortho intramolecular Hbond substituents is 2. The molecule has 3 aromatic rings. The van der Waals surface area contributed by atoms with Crippen molar-refractivity contribution in [3.63, 3.8) is 0 Å². The van der Waals surface area contributed by atoms with Crippen LogP contribution in [-0.4, -0.2) is 23.1 Å². The number of para-hydroxylation sites is 1. The van der Waals surface area contributed by atoms with Crippen LogP contribution in [0.2, 0.25) is 0 Å². The third-order valence-electron chi connectivity index (χ3n) is 6.51. The molecule has 0 spiro atoms. The molecule has 3 aromatic carbocycles. The van der Waals surface area contributed by atoms with Gasteiger partial charge in [-0.25, -0.2) is 0 Å². The van der Waals surface area contributed by atoms with E-state index in [0.29, 0.717) is 28.9 Å². The molecule has 5 heteroatoms. The number of benzene rings is 3. The van der Waals surface area contributed by atoms with Crippen LogP contribution in [0.1, 0.15) is 51.4 Å². The van der Waals surface area contributed by atoms with Gasteiger partial charge in [0, 0.05) is 41.0 Å². The number of hydrogen-bond donors (Lipinski definition) is 2. The average Bonchev–Trinajstić information content (AvgIpc) is 2.73. The van der Waals surface area contributed by atoms with Crippen LogP contribution in [0.15, 0.2) is 48.5 Å². The van der Waals surface area contributed by atoms with Gasteiger partial charge >= 0.3 is 0 Å². The van der Waals surface area contributed by atoms with Gasteiger partial charge in [0.15, 0.2) is 5.78 Å². The number of ketones is 1. The van der Waals surface area contributed by atoms with Gasteiger partial charge in [0.05, 0.1) is 12.7 Å². The van der Waals surface area contributed by atoms with Gasteiger partial charge in [0.2, 0.25) is 0 Å². The number of phenols is 2. The van der Waals surface area contributed by atoms with Crippen LogP contribution in [-0.2, 0) is 0 Å². The van der Waals surface area contributed by atoms with Crippen molar-refractivity contribution in [3.8, 4) is 34.1 Å². The first-order valence-corrected chi connectivity index (χ1v) is 9.65. The summed E-state index contributed by atoms with van der Waals surface area (Å²) in [5.41, 5.74) is 4.20. The molecule has 29 heavy (non-hydrogen) atoms. The van der Waals surface area contributed by atoms with Gasteiger partial charge in [0.25, 0.3) is 0 Å². The predicted molar refractivity (Wildman–Crippen MR) is 106 cm³/mol. The fourth-order valence-corrected chi connectivity index (χ4v) is 5.43. The van der Waals surface area contributed by atoms with Crippen molar-refractivity contribution in [2.75, 3.05) is 7.11 Å². The Bertz CT molecular complexity index is 1210. The number of methoxy groups -OCH3 is 1. The second-order valence-electron chi connectivity index (χ2n) is 7.84. The Labute approximate surface area is 167 Å². The van der Waals surface area contributed by atoms with Crippen LogP contribution in [0, 0.1) is 0 Å². The molecule has 0 unspecified atom stereocenters. The highest BCUT2D eigenvalue weighted by Gasteiger charge is 2.51. The number of Topliss-reactive ketones (excluding diaryl/α,β-unsaturated/α-hetero) is 1. The van der Waals surface area contributed by atoms with E-state index >= 15 is 0 Å². The van der Waals surface area contributed by atoms with E-state index in [9.17, 15) is 15.0 Å². The monoisotopic (exact) mass is 386 g/mol. The molecule has 5 nitrogen and oxygen atoms in total. The molecular weight excluding hydrogens is 368 g/mol. The molecule has 3 aliphatic rings. The third-order valence-corrected chi connectivity index (χ3v) is 6.51. The maximum atomic E-state index is 13.1. The second kappa shape index (κ2) is 5.54. The maximum absolute atomic E-state index is 13.1. The first-order valence-electron chi connectivity index (χ1n) is 9.65. The Morgan fingerprint density at radius 3 is 2.59 bits per heavy atom. The van der Waals surface area contributed by atoms with Gasteiger partial charge in [-0.1, -0.05) is 30.3 Å². The molecule has 2 N–H and O–H groups in total. The molecule has 0 fully saturated rings. The maximum Gasteiger partial charge on any atom is 0.167 e. The lowest BCUT2D eigenvalue weighted by molar-refractivity contribution is 0.0868. The normalized spacial score (nSPS) is 22.8. The number of fused-ring (bicyclic) bond motifs is 5. The van der Waals surface area contributed by atoms with E-state index in [1.165, 1.54) is 13.2 Å². The summed E-state index contributed by atoms with van der Waals surface area (Å²) in [6, 6.07) is 14.7. The molecule has 0 bridgehead atoms. The van der Waals surface area contributed by atoms with E-state index in [-0.39, 0.29) is 35.2 Å². The Morgan fingerprint density at radius 1 is 0.966 bits per heavy atom. The zero-order chi connectivity index (χ0) is 19.9. The van der Waals surface area contributed by atoms with E-state index in [1.54, 1.807) is 12.1 Å². The van der Waals surface area contributed by atoms with Crippen LogP contribution in [0.5, 0.6) is 23.0 Å². The lowest BCUT2D eigenvalue weighted by atomic mass is 9.61. The second-order valence-corrected chi connectivity index (χ2v) is 7.84. The van der Waals surface area contributed by atoms with Gasteiger partial charge in [-0.05, 0) is 23.3 Å². The molecule has 0 aromatic heterocycles. The van der Waals surface area contributed by atoms with Crippen molar-refractivity contribution in [2.24, 2.45) is 0 Å². The highest BCUT2D eigenvalue weighted by Crippen LogP contribution is 2.64. The largest absolute Gasteiger partial charge is 0.507 e. The van der Waals surface area contributed by atoms with Crippen LogP contribution in [0.3, 0.4) is 0 Å². The fourth-order valence-electron chi connectivity index (χ4n) is 5.43. The minimum atomic E-state index is -0.358. The average molecular weight is 386 g/mol. The van der Waals surface area contributed by atoms with E-state index in [1.807, 2.05) is 30.3 Å². The highest BCUT2D eigenvalue weighted by molar-refractivity contribution is 6.06. The van der Waals surface area contributed by atoms with Gasteiger partial charge in [-0.15, -0.1) is 0 Å². The van der Waals surface area contributed by atoms with Crippen LogP contribution >= 0.6 is 0 Å². The number of rotatable bonds is 1.